The molecule has 0 aliphatic carbocycles. The van der Waals surface area contributed by atoms with Gasteiger partial charge in [-0.2, -0.15) is 0 Å². The standard InChI is InChI=1S/C22H25FN2O3S/c1-3-10-24(21(26)4-2)14-22(27)25-11-8-20-18(9-12-29-20)19(25)15-28-17-7-5-6-16(23)13-17/h3,5-7,9,12-13,19H,1,4,8,10-11,14-15H2,2H3/t19-/m1/s1. The minimum absolute atomic E-state index is 0.00856. The first-order valence-electron chi connectivity index (χ1n) is 9.66. The van der Waals surface area contributed by atoms with E-state index in [-0.39, 0.29) is 36.8 Å². The van der Waals surface area contributed by atoms with Crippen LogP contribution in [-0.4, -0.2) is 47.9 Å². The van der Waals surface area contributed by atoms with Crippen molar-refractivity contribution in [2.75, 3.05) is 26.2 Å². The molecule has 1 atom stereocenters. The van der Waals surface area contributed by atoms with Crippen molar-refractivity contribution in [3.8, 4) is 5.75 Å². The normalized spacial score (nSPS) is 15.5. The minimum atomic E-state index is -0.367. The summed E-state index contributed by atoms with van der Waals surface area (Å²) in [6.45, 7) is 6.58. The molecule has 1 aliphatic heterocycles. The molecule has 3 rings (SSSR count). The Kier molecular flexibility index (Phi) is 7.04. The third-order valence-electron chi connectivity index (χ3n) is 4.95. The van der Waals surface area contributed by atoms with E-state index in [4.69, 9.17) is 4.74 Å². The Bertz CT molecular complexity index is 882. The number of ether oxygens (including phenoxy) is 1. The quantitative estimate of drug-likeness (QED) is 0.615. The lowest BCUT2D eigenvalue weighted by Crippen LogP contribution is -2.47. The molecular formula is C22H25FN2O3S. The second-order valence-electron chi connectivity index (χ2n) is 6.84. The highest BCUT2D eigenvalue weighted by molar-refractivity contribution is 7.10. The van der Waals surface area contributed by atoms with E-state index in [0.29, 0.717) is 25.3 Å². The van der Waals surface area contributed by atoms with E-state index in [2.05, 4.69) is 6.58 Å². The first-order chi connectivity index (χ1) is 14.0. The number of carbonyl (C=O) groups excluding carboxylic acids is 2. The highest BCUT2D eigenvalue weighted by atomic mass is 32.1. The Morgan fingerprint density at radius 2 is 2.24 bits per heavy atom. The fourth-order valence-electron chi connectivity index (χ4n) is 3.49. The topological polar surface area (TPSA) is 49.9 Å². The Balaban J connectivity index is 1.77. The van der Waals surface area contributed by atoms with Gasteiger partial charge in [-0.05, 0) is 35.6 Å². The minimum Gasteiger partial charge on any atom is -0.491 e. The molecule has 0 spiro atoms. The molecule has 0 fully saturated rings. The number of hydrogen-bond donors (Lipinski definition) is 0. The molecule has 0 saturated heterocycles. The zero-order valence-corrected chi connectivity index (χ0v) is 17.3. The number of rotatable bonds is 8. The van der Waals surface area contributed by atoms with Crippen molar-refractivity contribution in [1.29, 1.82) is 0 Å². The summed E-state index contributed by atoms with van der Waals surface area (Å²) in [5, 5.41) is 2.01. The van der Waals surface area contributed by atoms with Crippen LogP contribution in [0.4, 0.5) is 4.39 Å². The number of hydrogen-bond acceptors (Lipinski definition) is 4. The largest absolute Gasteiger partial charge is 0.491 e. The maximum atomic E-state index is 13.5. The summed E-state index contributed by atoms with van der Waals surface area (Å²) >= 11 is 1.67. The molecule has 0 radical (unpaired) electrons. The molecule has 1 aliphatic rings. The van der Waals surface area contributed by atoms with Crippen LogP contribution in [0.2, 0.25) is 0 Å². The SMILES string of the molecule is C=CCN(CC(=O)N1CCc2sccc2[C@H]1COc1cccc(F)c1)C(=O)CC. The van der Waals surface area contributed by atoms with Gasteiger partial charge in [0.25, 0.3) is 0 Å². The number of carbonyl (C=O) groups is 2. The van der Waals surface area contributed by atoms with Crippen LogP contribution in [0.1, 0.15) is 29.8 Å². The van der Waals surface area contributed by atoms with E-state index in [1.54, 1.807) is 41.4 Å². The Morgan fingerprint density at radius 1 is 1.41 bits per heavy atom. The lowest BCUT2D eigenvalue weighted by Gasteiger charge is -2.37. The van der Waals surface area contributed by atoms with Gasteiger partial charge in [0.1, 0.15) is 24.7 Å². The van der Waals surface area contributed by atoms with Gasteiger partial charge in [-0.15, -0.1) is 17.9 Å². The van der Waals surface area contributed by atoms with Gasteiger partial charge < -0.3 is 14.5 Å². The highest BCUT2D eigenvalue weighted by Crippen LogP contribution is 2.34. The smallest absolute Gasteiger partial charge is 0.242 e. The third-order valence-corrected chi connectivity index (χ3v) is 5.95. The molecule has 154 valence electrons. The molecule has 1 aromatic carbocycles. The average Bonchev–Trinajstić information content (AvgIpc) is 3.20. The van der Waals surface area contributed by atoms with Crippen molar-refractivity contribution in [3.63, 3.8) is 0 Å². The van der Waals surface area contributed by atoms with Crippen LogP contribution in [0.25, 0.3) is 0 Å². The van der Waals surface area contributed by atoms with Crippen LogP contribution in [0, 0.1) is 5.82 Å². The zero-order chi connectivity index (χ0) is 20.8. The van der Waals surface area contributed by atoms with Crippen molar-refractivity contribution < 1.29 is 18.7 Å². The van der Waals surface area contributed by atoms with Gasteiger partial charge in [0.15, 0.2) is 0 Å². The van der Waals surface area contributed by atoms with Crippen LogP contribution in [0.3, 0.4) is 0 Å². The first-order valence-corrected chi connectivity index (χ1v) is 10.5. The van der Waals surface area contributed by atoms with Crippen LogP contribution in [0.15, 0.2) is 48.4 Å². The number of thiophene rings is 1. The van der Waals surface area contributed by atoms with E-state index in [1.165, 1.54) is 21.9 Å². The molecule has 29 heavy (non-hydrogen) atoms. The molecule has 2 amide bonds. The van der Waals surface area contributed by atoms with Crippen molar-refractivity contribution in [3.05, 3.63) is 64.6 Å². The van der Waals surface area contributed by atoms with Crippen LogP contribution in [0.5, 0.6) is 5.75 Å². The van der Waals surface area contributed by atoms with E-state index >= 15 is 0 Å². The summed E-state index contributed by atoms with van der Waals surface area (Å²) in [6.07, 6.45) is 2.73. The number of fused-ring (bicyclic) bond motifs is 1. The molecule has 0 saturated carbocycles. The average molecular weight is 417 g/mol. The number of halogens is 1. The van der Waals surface area contributed by atoms with E-state index in [0.717, 1.165) is 12.0 Å². The summed E-state index contributed by atoms with van der Waals surface area (Å²) in [7, 11) is 0. The Hall–Kier alpha value is -2.67. The van der Waals surface area contributed by atoms with Crippen molar-refractivity contribution in [2.24, 2.45) is 0 Å². The lowest BCUT2D eigenvalue weighted by atomic mass is 10.0. The van der Waals surface area contributed by atoms with Gasteiger partial charge in [0.05, 0.1) is 6.04 Å². The molecule has 1 aromatic heterocycles. The predicted molar refractivity (Wildman–Crippen MR) is 111 cm³/mol. The Labute approximate surface area is 174 Å². The van der Waals surface area contributed by atoms with Gasteiger partial charge in [-0.25, -0.2) is 4.39 Å². The fraction of sp³-hybridized carbons (Fsp3) is 0.364. The predicted octanol–water partition coefficient (Wildman–Crippen LogP) is 3.82. The van der Waals surface area contributed by atoms with Gasteiger partial charge in [0, 0.05) is 30.5 Å². The van der Waals surface area contributed by atoms with E-state index in [9.17, 15) is 14.0 Å². The summed E-state index contributed by atoms with van der Waals surface area (Å²) in [5.74, 6) is -0.153. The van der Waals surface area contributed by atoms with Gasteiger partial charge in [0.2, 0.25) is 11.8 Å². The Morgan fingerprint density at radius 3 is 2.97 bits per heavy atom. The van der Waals surface area contributed by atoms with Crippen LogP contribution in [-0.2, 0) is 16.0 Å². The number of benzene rings is 1. The van der Waals surface area contributed by atoms with Crippen molar-refractivity contribution in [2.45, 2.75) is 25.8 Å². The van der Waals surface area contributed by atoms with Gasteiger partial charge >= 0.3 is 0 Å². The maximum absolute atomic E-state index is 13.5. The van der Waals surface area contributed by atoms with Crippen LogP contribution >= 0.6 is 11.3 Å². The van der Waals surface area contributed by atoms with E-state index < -0.39 is 0 Å². The second-order valence-corrected chi connectivity index (χ2v) is 7.84. The van der Waals surface area contributed by atoms with Gasteiger partial charge in [-0.1, -0.05) is 19.1 Å². The first kappa shape index (κ1) is 21.0. The third kappa shape index (κ3) is 5.03. The number of amides is 2. The molecule has 5 nitrogen and oxygen atoms in total. The fourth-order valence-corrected chi connectivity index (χ4v) is 4.42. The second kappa shape index (κ2) is 9.69. The van der Waals surface area contributed by atoms with Gasteiger partial charge in [-0.3, -0.25) is 9.59 Å². The molecule has 0 unspecified atom stereocenters. The molecule has 0 N–H and O–H groups in total. The summed E-state index contributed by atoms with van der Waals surface area (Å²) in [6, 6.07) is 7.71. The lowest BCUT2D eigenvalue weighted by molar-refractivity contribution is -0.142. The van der Waals surface area contributed by atoms with Crippen molar-refractivity contribution >= 4 is 23.2 Å². The summed E-state index contributed by atoms with van der Waals surface area (Å²) in [4.78, 5) is 29.8. The molecule has 0 bridgehead atoms. The molecule has 7 heteroatoms. The molecular weight excluding hydrogens is 391 g/mol. The summed E-state index contributed by atoms with van der Waals surface area (Å²) < 4.78 is 19.3. The molecule has 2 aromatic rings. The molecule has 2 heterocycles. The monoisotopic (exact) mass is 416 g/mol. The summed E-state index contributed by atoms with van der Waals surface area (Å²) in [5.41, 5.74) is 1.06. The van der Waals surface area contributed by atoms with E-state index in [1.807, 2.05) is 11.4 Å². The maximum Gasteiger partial charge on any atom is 0.242 e. The van der Waals surface area contributed by atoms with Crippen molar-refractivity contribution in [1.82, 2.24) is 9.80 Å². The zero-order valence-electron chi connectivity index (χ0n) is 16.5. The highest BCUT2D eigenvalue weighted by Gasteiger charge is 2.33. The number of nitrogens with zero attached hydrogens (tertiary/aromatic N) is 2. The van der Waals surface area contributed by atoms with Crippen LogP contribution < -0.4 is 4.74 Å².